The molecule has 0 atom stereocenters. The molecule has 1 aromatic carbocycles. The molecule has 2 aromatic heterocycles. The van der Waals surface area contributed by atoms with Crippen LogP contribution >= 0.6 is 11.8 Å². The number of benzene rings is 1. The second-order valence-corrected chi connectivity index (χ2v) is 5.71. The van der Waals surface area contributed by atoms with E-state index in [4.69, 9.17) is 13.9 Å². The summed E-state index contributed by atoms with van der Waals surface area (Å²) in [7, 11) is 3.15. The molecular weight excluding hydrogens is 312 g/mol. The van der Waals surface area contributed by atoms with Gasteiger partial charge in [-0.25, -0.2) is 0 Å². The van der Waals surface area contributed by atoms with Gasteiger partial charge in [-0.05, 0) is 24.3 Å². The van der Waals surface area contributed by atoms with Crippen molar-refractivity contribution in [3.63, 3.8) is 0 Å². The van der Waals surface area contributed by atoms with Crippen LogP contribution in [0.1, 0.15) is 5.82 Å². The fourth-order valence-electron chi connectivity index (χ4n) is 2.03. The van der Waals surface area contributed by atoms with E-state index in [1.807, 2.05) is 24.3 Å². The monoisotopic (exact) mass is 328 g/mol. The lowest BCUT2D eigenvalue weighted by molar-refractivity contribution is 0.369. The molecule has 0 fully saturated rings. The second kappa shape index (κ2) is 7.19. The van der Waals surface area contributed by atoms with Crippen molar-refractivity contribution in [2.24, 2.45) is 0 Å². The van der Waals surface area contributed by atoms with E-state index < -0.39 is 0 Å². The lowest BCUT2D eigenvalue weighted by Crippen LogP contribution is -1.99. The van der Waals surface area contributed by atoms with Crippen molar-refractivity contribution in [2.75, 3.05) is 14.2 Å². The van der Waals surface area contributed by atoms with Crippen molar-refractivity contribution < 1.29 is 13.9 Å². The molecular formula is C17H16N2O3S. The SMILES string of the molecule is COc1cc(OC)nc(CSc2ccc(-c3ccco3)cc2)n1. The summed E-state index contributed by atoms with van der Waals surface area (Å²) in [6.07, 6.45) is 1.67. The van der Waals surface area contributed by atoms with Gasteiger partial charge < -0.3 is 13.9 Å². The fraction of sp³-hybridized carbons (Fsp3) is 0.176. The number of furan rings is 1. The number of rotatable bonds is 6. The molecule has 0 amide bonds. The van der Waals surface area contributed by atoms with Crippen molar-refractivity contribution in [2.45, 2.75) is 10.6 Å². The zero-order valence-electron chi connectivity index (χ0n) is 12.9. The van der Waals surface area contributed by atoms with Crippen molar-refractivity contribution in [3.05, 3.63) is 54.6 Å². The molecule has 118 valence electrons. The van der Waals surface area contributed by atoms with Gasteiger partial charge in [0, 0.05) is 10.5 Å². The van der Waals surface area contributed by atoms with Crippen LogP contribution in [0.15, 0.2) is 58.0 Å². The lowest BCUT2D eigenvalue weighted by atomic mass is 10.2. The second-order valence-electron chi connectivity index (χ2n) is 4.66. The number of hydrogen-bond donors (Lipinski definition) is 0. The largest absolute Gasteiger partial charge is 0.481 e. The summed E-state index contributed by atoms with van der Waals surface area (Å²) in [4.78, 5) is 9.78. The molecule has 23 heavy (non-hydrogen) atoms. The minimum absolute atomic E-state index is 0.501. The van der Waals surface area contributed by atoms with Crippen molar-refractivity contribution in [1.82, 2.24) is 9.97 Å². The van der Waals surface area contributed by atoms with E-state index in [0.29, 0.717) is 23.3 Å². The molecule has 5 nitrogen and oxygen atoms in total. The van der Waals surface area contributed by atoms with Crippen LogP contribution in [-0.2, 0) is 5.75 Å². The average Bonchev–Trinajstić information content (AvgIpc) is 3.14. The Kier molecular flexibility index (Phi) is 4.83. The van der Waals surface area contributed by atoms with Gasteiger partial charge in [0.15, 0.2) is 0 Å². The third-order valence-electron chi connectivity index (χ3n) is 3.17. The molecule has 0 aliphatic heterocycles. The quantitative estimate of drug-likeness (QED) is 0.636. The number of hydrogen-bond acceptors (Lipinski definition) is 6. The fourth-order valence-corrected chi connectivity index (χ4v) is 2.78. The Hall–Kier alpha value is -2.47. The van der Waals surface area contributed by atoms with Gasteiger partial charge in [-0.1, -0.05) is 12.1 Å². The average molecular weight is 328 g/mol. The van der Waals surface area contributed by atoms with Gasteiger partial charge in [0.1, 0.15) is 11.6 Å². The highest BCUT2D eigenvalue weighted by Gasteiger charge is 2.07. The molecule has 0 bridgehead atoms. The molecule has 0 spiro atoms. The van der Waals surface area contributed by atoms with Gasteiger partial charge >= 0.3 is 0 Å². The summed E-state index contributed by atoms with van der Waals surface area (Å²) in [5, 5.41) is 0. The number of ether oxygens (including phenoxy) is 2. The summed E-state index contributed by atoms with van der Waals surface area (Å²) >= 11 is 1.65. The predicted octanol–water partition coefficient (Wildman–Crippen LogP) is 4.05. The van der Waals surface area contributed by atoms with Crippen LogP contribution in [0.2, 0.25) is 0 Å². The highest BCUT2D eigenvalue weighted by Crippen LogP contribution is 2.27. The van der Waals surface area contributed by atoms with Crippen molar-refractivity contribution >= 4 is 11.8 Å². The number of methoxy groups -OCH3 is 2. The highest BCUT2D eigenvalue weighted by molar-refractivity contribution is 7.98. The van der Waals surface area contributed by atoms with Gasteiger partial charge in [0.05, 0.1) is 32.3 Å². The van der Waals surface area contributed by atoms with Crippen LogP contribution < -0.4 is 9.47 Å². The molecule has 0 radical (unpaired) electrons. The lowest BCUT2D eigenvalue weighted by Gasteiger charge is -2.06. The normalized spacial score (nSPS) is 10.5. The molecule has 3 rings (SSSR count). The van der Waals surface area contributed by atoms with E-state index in [2.05, 4.69) is 22.1 Å². The van der Waals surface area contributed by atoms with Gasteiger partial charge in [-0.15, -0.1) is 11.8 Å². The molecule has 6 heteroatoms. The van der Waals surface area contributed by atoms with E-state index in [0.717, 1.165) is 16.2 Å². The first kappa shape index (κ1) is 15.4. The summed E-state index contributed by atoms with van der Waals surface area (Å²) in [5.74, 6) is 3.16. The molecule has 0 N–H and O–H groups in total. The van der Waals surface area contributed by atoms with E-state index in [1.165, 1.54) is 0 Å². The Labute approximate surface area is 138 Å². The molecule has 3 aromatic rings. The maximum atomic E-state index is 5.39. The standard InChI is InChI=1S/C17H16N2O3S/c1-20-16-10-17(21-2)19-15(18-16)11-23-13-7-5-12(6-8-13)14-4-3-9-22-14/h3-10H,11H2,1-2H3. The van der Waals surface area contributed by atoms with Crippen LogP contribution in [0.5, 0.6) is 11.8 Å². The van der Waals surface area contributed by atoms with Gasteiger partial charge in [0.2, 0.25) is 11.8 Å². The Morgan fingerprint density at radius 1 is 1.00 bits per heavy atom. The van der Waals surface area contributed by atoms with E-state index >= 15 is 0 Å². The minimum Gasteiger partial charge on any atom is -0.481 e. The van der Waals surface area contributed by atoms with Gasteiger partial charge in [-0.2, -0.15) is 9.97 Å². The maximum absolute atomic E-state index is 5.39. The molecule has 0 aliphatic carbocycles. The highest BCUT2D eigenvalue weighted by atomic mass is 32.2. The van der Waals surface area contributed by atoms with Crippen LogP contribution in [0.3, 0.4) is 0 Å². The first-order chi connectivity index (χ1) is 11.3. The number of aromatic nitrogens is 2. The first-order valence-electron chi connectivity index (χ1n) is 7.01. The third-order valence-corrected chi connectivity index (χ3v) is 4.18. The van der Waals surface area contributed by atoms with Crippen LogP contribution in [0, 0.1) is 0 Å². The predicted molar refractivity (Wildman–Crippen MR) is 88.8 cm³/mol. The molecule has 2 heterocycles. The Morgan fingerprint density at radius 2 is 1.70 bits per heavy atom. The Bertz CT molecular complexity index is 736. The summed E-state index contributed by atoms with van der Waals surface area (Å²) in [6, 6.07) is 13.7. The molecule has 0 unspecified atom stereocenters. The van der Waals surface area contributed by atoms with E-state index in [-0.39, 0.29) is 0 Å². The summed E-state index contributed by atoms with van der Waals surface area (Å²) in [6.45, 7) is 0. The van der Waals surface area contributed by atoms with Crippen molar-refractivity contribution in [1.29, 1.82) is 0 Å². The zero-order chi connectivity index (χ0) is 16.1. The molecule has 0 aliphatic rings. The third kappa shape index (κ3) is 3.84. The van der Waals surface area contributed by atoms with Gasteiger partial charge in [-0.3, -0.25) is 0 Å². The van der Waals surface area contributed by atoms with Crippen LogP contribution in [0.4, 0.5) is 0 Å². The Balaban J connectivity index is 1.68. The minimum atomic E-state index is 0.501. The first-order valence-corrected chi connectivity index (χ1v) is 8.00. The Morgan fingerprint density at radius 3 is 2.26 bits per heavy atom. The summed E-state index contributed by atoms with van der Waals surface area (Å²) < 4.78 is 15.7. The van der Waals surface area contributed by atoms with Crippen molar-refractivity contribution in [3.8, 4) is 23.1 Å². The summed E-state index contributed by atoms with van der Waals surface area (Å²) in [5.41, 5.74) is 1.05. The molecule has 0 saturated heterocycles. The van der Waals surface area contributed by atoms with Gasteiger partial charge in [0.25, 0.3) is 0 Å². The number of thioether (sulfide) groups is 1. The molecule has 0 saturated carbocycles. The zero-order valence-corrected chi connectivity index (χ0v) is 13.7. The number of nitrogens with zero attached hydrogens (tertiary/aromatic N) is 2. The van der Waals surface area contributed by atoms with Crippen LogP contribution in [-0.4, -0.2) is 24.2 Å². The van der Waals surface area contributed by atoms with E-state index in [1.54, 1.807) is 38.3 Å². The maximum Gasteiger partial charge on any atom is 0.220 e. The topological polar surface area (TPSA) is 57.4 Å². The van der Waals surface area contributed by atoms with Crippen LogP contribution in [0.25, 0.3) is 11.3 Å². The smallest absolute Gasteiger partial charge is 0.220 e. The van der Waals surface area contributed by atoms with E-state index in [9.17, 15) is 0 Å².